The zero-order valence-corrected chi connectivity index (χ0v) is 24.8. The summed E-state index contributed by atoms with van der Waals surface area (Å²) in [5.41, 5.74) is 3.25. The molecule has 0 aliphatic heterocycles. The van der Waals surface area contributed by atoms with Crippen molar-refractivity contribution in [1.82, 2.24) is 23.9 Å². The van der Waals surface area contributed by atoms with Crippen LogP contribution in [-0.4, -0.2) is 70.1 Å². The molecule has 0 aliphatic rings. The standard InChI is InChI=1S/C29H44N8O3/c1-20(2)10-8-11-30-21-14-25(35(5)17-21)28(39)33-23-16-26(37(7)19-23)29(40)32-22-15-24(36(6)18-22)27(38)31-12-9-13-34(3)4/h14-20,30H,8-13H2,1-7H3,(H,31,38)(H,32,40)(H,33,39). The van der Waals surface area contributed by atoms with Gasteiger partial charge in [0.25, 0.3) is 17.7 Å². The van der Waals surface area contributed by atoms with Crippen LogP contribution in [0.15, 0.2) is 36.8 Å². The molecule has 40 heavy (non-hydrogen) atoms. The second-order valence-electron chi connectivity index (χ2n) is 11.0. The van der Waals surface area contributed by atoms with Crippen LogP contribution < -0.4 is 21.3 Å². The average molecular weight is 553 g/mol. The van der Waals surface area contributed by atoms with Gasteiger partial charge in [-0.05, 0) is 64.0 Å². The summed E-state index contributed by atoms with van der Waals surface area (Å²) < 4.78 is 5.11. The largest absolute Gasteiger partial charge is 0.384 e. The molecule has 11 heteroatoms. The van der Waals surface area contributed by atoms with Gasteiger partial charge in [0, 0.05) is 52.8 Å². The summed E-state index contributed by atoms with van der Waals surface area (Å²) in [5, 5.41) is 12.0. The van der Waals surface area contributed by atoms with Crippen LogP contribution in [0.2, 0.25) is 0 Å². The Bertz CT molecular complexity index is 1310. The number of carbonyl (C=O) groups is 3. The van der Waals surface area contributed by atoms with Gasteiger partial charge in [0.2, 0.25) is 0 Å². The van der Waals surface area contributed by atoms with E-state index in [1.165, 1.54) is 0 Å². The van der Waals surface area contributed by atoms with Gasteiger partial charge in [0.15, 0.2) is 0 Å². The lowest BCUT2D eigenvalue weighted by atomic mass is 10.1. The molecule has 0 saturated carbocycles. The number of amides is 3. The number of carbonyl (C=O) groups excluding carboxylic acids is 3. The number of hydrogen-bond donors (Lipinski definition) is 4. The molecule has 0 unspecified atom stereocenters. The number of nitrogens with zero attached hydrogens (tertiary/aromatic N) is 4. The van der Waals surface area contributed by atoms with Crippen LogP contribution in [0.5, 0.6) is 0 Å². The first-order chi connectivity index (χ1) is 18.9. The van der Waals surface area contributed by atoms with Gasteiger partial charge in [-0.2, -0.15) is 0 Å². The molecule has 3 aromatic rings. The quantitative estimate of drug-likeness (QED) is 0.227. The molecule has 0 aliphatic carbocycles. The van der Waals surface area contributed by atoms with Crippen LogP contribution in [-0.2, 0) is 21.1 Å². The van der Waals surface area contributed by atoms with E-state index in [-0.39, 0.29) is 17.7 Å². The van der Waals surface area contributed by atoms with E-state index in [0.717, 1.165) is 38.0 Å². The van der Waals surface area contributed by atoms with Gasteiger partial charge < -0.3 is 39.9 Å². The molecule has 0 atom stereocenters. The lowest BCUT2D eigenvalue weighted by Crippen LogP contribution is -2.28. The Hall–Kier alpha value is -3.99. The van der Waals surface area contributed by atoms with Crippen LogP contribution in [0.3, 0.4) is 0 Å². The number of nitrogens with one attached hydrogen (secondary N) is 4. The van der Waals surface area contributed by atoms with Gasteiger partial charge in [0.1, 0.15) is 17.1 Å². The molecule has 3 heterocycles. The molecular weight excluding hydrogens is 508 g/mol. The second kappa shape index (κ2) is 13.9. The number of anilines is 3. The molecule has 3 rings (SSSR count). The molecule has 4 N–H and O–H groups in total. The monoisotopic (exact) mass is 552 g/mol. The highest BCUT2D eigenvalue weighted by molar-refractivity contribution is 6.07. The van der Waals surface area contributed by atoms with Gasteiger partial charge in [-0.25, -0.2) is 0 Å². The van der Waals surface area contributed by atoms with Crippen molar-refractivity contribution in [3.8, 4) is 0 Å². The summed E-state index contributed by atoms with van der Waals surface area (Å²) in [6, 6.07) is 5.10. The number of aromatic nitrogens is 3. The topological polar surface area (TPSA) is 117 Å². The molecule has 0 radical (unpaired) electrons. The number of aryl methyl sites for hydroxylation is 3. The summed E-state index contributed by atoms with van der Waals surface area (Å²) >= 11 is 0. The first-order valence-electron chi connectivity index (χ1n) is 13.7. The van der Waals surface area contributed by atoms with Gasteiger partial charge in [-0.1, -0.05) is 13.8 Å². The third kappa shape index (κ3) is 8.51. The Morgan fingerprint density at radius 2 is 1.20 bits per heavy atom. The SMILES string of the molecule is CC(C)CCCNc1cc(C(=O)Nc2cc(C(=O)Nc3cc(C(=O)NCCCN(C)C)n(C)c3)n(C)c2)n(C)c1. The third-order valence-corrected chi connectivity index (χ3v) is 6.58. The molecule has 0 fully saturated rings. The fraction of sp³-hybridized carbons (Fsp3) is 0.483. The lowest BCUT2D eigenvalue weighted by molar-refractivity contribution is 0.0942. The number of rotatable bonds is 14. The van der Waals surface area contributed by atoms with Crippen molar-refractivity contribution < 1.29 is 14.4 Å². The van der Waals surface area contributed by atoms with E-state index in [9.17, 15) is 14.4 Å². The van der Waals surface area contributed by atoms with E-state index in [0.29, 0.717) is 40.9 Å². The maximum absolute atomic E-state index is 13.0. The first-order valence-corrected chi connectivity index (χ1v) is 13.7. The van der Waals surface area contributed by atoms with Gasteiger partial charge in [0.05, 0.1) is 17.1 Å². The van der Waals surface area contributed by atoms with Crippen LogP contribution in [0.4, 0.5) is 17.1 Å². The fourth-order valence-corrected chi connectivity index (χ4v) is 4.43. The molecule has 0 saturated heterocycles. The maximum Gasteiger partial charge on any atom is 0.272 e. The van der Waals surface area contributed by atoms with E-state index in [4.69, 9.17) is 0 Å². The maximum atomic E-state index is 13.0. The highest BCUT2D eigenvalue weighted by Gasteiger charge is 2.18. The second-order valence-corrected chi connectivity index (χ2v) is 11.0. The smallest absolute Gasteiger partial charge is 0.272 e. The van der Waals surface area contributed by atoms with E-state index in [1.54, 1.807) is 52.3 Å². The minimum Gasteiger partial charge on any atom is -0.384 e. The van der Waals surface area contributed by atoms with Crippen LogP contribution in [0.25, 0.3) is 0 Å². The Morgan fingerprint density at radius 3 is 1.70 bits per heavy atom. The number of hydrogen-bond acceptors (Lipinski definition) is 5. The molecule has 0 aromatic carbocycles. The van der Waals surface area contributed by atoms with Crippen molar-refractivity contribution in [2.24, 2.45) is 27.1 Å². The molecule has 218 valence electrons. The molecule has 0 spiro atoms. The van der Waals surface area contributed by atoms with Crippen LogP contribution in [0, 0.1) is 5.92 Å². The average Bonchev–Trinajstić information content (AvgIpc) is 3.55. The molecular formula is C29H44N8O3. The normalized spacial score (nSPS) is 11.2. The Labute approximate surface area is 236 Å². The fourth-order valence-electron chi connectivity index (χ4n) is 4.43. The molecule has 0 bridgehead atoms. The van der Waals surface area contributed by atoms with Crippen LogP contribution >= 0.6 is 0 Å². The summed E-state index contributed by atoms with van der Waals surface area (Å²) in [7, 11) is 9.31. The molecule has 3 aromatic heterocycles. The van der Waals surface area contributed by atoms with Crippen molar-refractivity contribution in [2.75, 3.05) is 49.7 Å². The van der Waals surface area contributed by atoms with E-state index in [1.807, 2.05) is 33.4 Å². The summed E-state index contributed by atoms with van der Waals surface area (Å²) in [6.07, 6.45) is 8.35. The van der Waals surface area contributed by atoms with Gasteiger partial charge >= 0.3 is 0 Å². The highest BCUT2D eigenvalue weighted by Crippen LogP contribution is 2.20. The summed E-state index contributed by atoms with van der Waals surface area (Å²) in [5.74, 6) is -0.144. The Balaban J connectivity index is 1.58. The molecule has 11 nitrogen and oxygen atoms in total. The zero-order chi connectivity index (χ0) is 29.4. The third-order valence-electron chi connectivity index (χ3n) is 6.58. The Morgan fingerprint density at radius 1 is 0.725 bits per heavy atom. The minimum absolute atomic E-state index is 0.194. The minimum atomic E-state index is -0.349. The van der Waals surface area contributed by atoms with Crippen LogP contribution in [0.1, 0.15) is 64.6 Å². The zero-order valence-electron chi connectivity index (χ0n) is 24.8. The van der Waals surface area contributed by atoms with Crippen molar-refractivity contribution in [1.29, 1.82) is 0 Å². The van der Waals surface area contributed by atoms with Crippen molar-refractivity contribution in [2.45, 2.75) is 33.1 Å². The predicted molar refractivity (Wildman–Crippen MR) is 160 cm³/mol. The van der Waals surface area contributed by atoms with Gasteiger partial charge in [-0.15, -0.1) is 0 Å². The first kappa shape index (κ1) is 30.6. The van der Waals surface area contributed by atoms with Gasteiger partial charge in [-0.3, -0.25) is 14.4 Å². The summed E-state index contributed by atoms with van der Waals surface area (Å²) in [4.78, 5) is 40.6. The molecule has 3 amide bonds. The predicted octanol–water partition coefficient (Wildman–Crippen LogP) is 3.74. The summed E-state index contributed by atoms with van der Waals surface area (Å²) in [6.45, 7) is 6.72. The highest BCUT2D eigenvalue weighted by atomic mass is 16.2. The lowest BCUT2D eigenvalue weighted by Gasteiger charge is -2.10. The van der Waals surface area contributed by atoms with Crippen molar-refractivity contribution in [3.05, 3.63) is 53.9 Å². The van der Waals surface area contributed by atoms with E-state index < -0.39 is 0 Å². The Kier molecular flexibility index (Phi) is 10.6. The van der Waals surface area contributed by atoms with Crippen molar-refractivity contribution in [3.63, 3.8) is 0 Å². The van der Waals surface area contributed by atoms with Crippen molar-refractivity contribution >= 4 is 34.8 Å². The van der Waals surface area contributed by atoms with E-state index >= 15 is 0 Å². The van der Waals surface area contributed by atoms with E-state index in [2.05, 4.69) is 40.0 Å².